The van der Waals surface area contributed by atoms with Crippen LogP contribution in [0.4, 0.5) is 0 Å². The zero-order valence-corrected chi connectivity index (χ0v) is 15.2. The van der Waals surface area contributed by atoms with E-state index in [1.54, 1.807) is 51.9 Å². The van der Waals surface area contributed by atoms with Gasteiger partial charge in [-0.25, -0.2) is 8.42 Å². The third-order valence-electron chi connectivity index (χ3n) is 3.21. The van der Waals surface area contributed by atoms with E-state index < -0.39 is 30.0 Å². The molecule has 0 aliphatic carbocycles. The van der Waals surface area contributed by atoms with Crippen LogP contribution in [-0.2, 0) is 20.6 Å². The first-order chi connectivity index (χ1) is 9.46. The summed E-state index contributed by atoms with van der Waals surface area (Å²) in [6.45, 7) is 7.13. The molecule has 0 heterocycles. The lowest BCUT2D eigenvalue weighted by Crippen LogP contribution is -2.44. The number of hydrogen-bond donors (Lipinski definition) is 0. The molecule has 0 aliphatic heterocycles. The maximum atomic E-state index is 12.8. The molecule has 6 heteroatoms. The van der Waals surface area contributed by atoms with Crippen molar-refractivity contribution < 1.29 is 12.6 Å². The lowest BCUT2D eigenvalue weighted by molar-refractivity contribution is 0.419. The normalized spacial score (nSPS) is 16.0. The molecule has 4 nitrogen and oxygen atoms in total. The van der Waals surface area contributed by atoms with Crippen LogP contribution in [0.15, 0.2) is 29.2 Å². The second-order valence-electron chi connectivity index (χ2n) is 6.46. The Bertz CT molecular complexity index is 599. The number of benzene rings is 1. The molecule has 1 aromatic carbocycles. The third-order valence-corrected chi connectivity index (χ3v) is 8.40. The van der Waals surface area contributed by atoms with Crippen LogP contribution in [0.3, 0.4) is 0 Å². The highest BCUT2D eigenvalue weighted by molar-refractivity contribution is 8.07. The fourth-order valence-electron chi connectivity index (χ4n) is 1.80. The van der Waals surface area contributed by atoms with E-state index in [4.69, 9.17) is 0 Å². The van der Waals surface area contributed by atoms with Gasteiger partial charge in [0.15, 0.2) is 14.4 Å². The van der Waals surface area contributed by atoms with Gasteiger partial charge in [0.05, 0.1) is 15.5 Å². The lowest BCUT2D eigenvalue weighted by atomic mass is 10.2. The smallest absolute Gasteiger partial charge is 0.171 e. The van der Waals surface area contributed by atoms with Gasteiger partial charge in [0.2, 0.25) is 0 Å². The summed E-state index contributed by atoms with van der Waals surface area (Å²) in [6.07, 6.45) is 0. The number of aryl methyl sites for hydroxylation is 1. The molecule has 0 bridgehead atoms. The van der Waals surface area contributed by atoms with E-state index >= 15 is 0 Å². The Morgan fingerprint density at radius 2 is 1.62 bits per heavy atom. The lowest BCUT2D eigenvalue weighted by Gasteiger charge is -2.28. The molecule has 0 amide bonds. The summed E-state index contributed by atoms with van der Waals surface area (Å²) in [5.74, 6) is 0. The SMILES string of the molecule is Cc1ccc([S@](=O)C(CN(C)C)S(=O)(=O)C(C)(C)C)cc1. The highest BCUT2D eigenvalue weighted by atomic mass is 32.3. The van der Waals surface area contributed by atoms with Crippen LogP contribution in [0.1, 0.15) is 26.3 Å². The van der Waals surface area contributed by atoms with Gasteiger partial charge in [-0.05, 0) is 53.9 Å². The molecule has 0 aliphatic rings. The van der Waals surface area contributed by atoms with Gasteiger partial charge in [0, 0.05) is 11.4 Å². The van der Waals surface area contributed by atoms with Crippen LogP contribution in [0, 0.1) is 6.92 Å². The summed E-state index contributed by atoms with van der Waals surface area (Å²) in [6, 6.07) is 7.19. The number of hydrogen-bond acceptors (Lipinski definition) is 4. The van der Waals surface area contributed by atoms with E-state index in [0.717, 1.165) is 5.56 Å². The minimum absolute atomic E-state index is 0.236. The van der Waals surface area contributed by atoms with Crippen LogP contribution in [0.25, 0.3) is 0 Å². The van der Waals surface area contributed by atoms with E-state index in [-0.39, 0.29) is 6.54 Å². The molecular weight excluding hydrogens is 306 g/mol. The zero-order chi connectivity index (χ0) is 16.4. The van der Waals surface area contributed by atoms with Crippen LogP contribution in [-0.4, -0.2) is 47.5 Å². The largest absolute Gasteiger partial charge is 0.307 e. The molecule has 2 atom stereocenters. The predicted octanol–water partition coefficient (Wildman–Crippen LogP) is 2.20. The average Bonchev–Trinajstić information content (AvgIpc) is 2.34. The number of rotatable bonds is 5. The maximum absolute atomic E-state index is 12.8. The summed E-state index contributed by atoms with van der Waals surface area (Å²) in [7, 11) is -1.55. The van der Waals surface area contributed by atoms with Crippen molar-refractivity contribution in [2.45, 2.75) is 41.9 Å². The third kappa shape index (κ3) is 4.37. The van der Waals surface area contributed by atoms with Crippen molar-refractivity contribution in [3.63, 3.8) is 0 Å². The summed E-state index contributed by atoms with van der Waals surface area (Å²) < 4.78 is 36.4. The zero-order valence-electron chi connectivity index (χ0n) is 13.6. The van der Waals surface area contributed by atoms with Gasteiger partial charge < -0.3 is 4.90 Å². The van der Waals surface area contributed by atoms with Gasteiger partial charge in [-0.2, -0.15) is 0 Å². The monoisotopic (exact) mass is 331 g/mol. The van der Waals surface area contributed by atoms with Crippen molar-refractivity contribution in [1.29, 1.82) is 0 Å². The molecule has 1 unspecified atom stereocenters. The Labute approximate surface area is 130 Å². The van der Waals surface area contributed by atoms with Crippen LogP contribution < -0.4 is 0 Å². The van der Waals surface area contributed by atoms with Gasteiger partial charge in [-0.15, -0.1) is 0 Å². The first-order valence-corrected chi connectivity index (χ1v) is 9.58. The van der Waals surface area contributed by atoms with Crippen molar-refractivity contribution in [1.82, 2.24) is 4.90 Å². The Balaban J connectivity index is 3.26. The van der Waals surface area contributed by atoms with Gasteiger partial charge in [0.25, 0.3) is 0 Å². The van der Waals surface area contributed by atoms with Crippen LogP contribution >= 0.6 is 0 Å². The van der Waals surface area contributed by atoms with Gasteiger partial charge >= 0.3 is 0 Å². The summed E-state index contributed by atoms with van der Waals surface area (Å²) in [4.78, 5) is 2.32. The fraction of sp³-hybridized carbons (Fsp3) is 0.600. The summed E-state index contributed by atoms with van der Waals surface area (Å²) >= 11 is 0. The molecule has 0 radical (unpaired) electrons. The van der Waals surface area contributed by atoms with Crippen LogP contribution in [0.2, 0.25) is 0 Å². The van der Waals surface area contributed by atoms with E-state index in [9.17, 15) is 12.6 Å². The van der Waals surface area contributed by atoms with Gasteiger partial charge in [-0.1, -0.05) is 17.7 Å². The average molecular weight is 332 g/mol. The maximum Gasteiger partial charge on any atom is 0.171 e. The molecule has 0 spiro atoms. The van der Waals surface area contributed by atoms with Crippen LogP contribution in [0.5, 0.6) is 0 Å². The van der Waals surface area contributed by atoms with Crippen molar-refractivity contribution in [3.05, 3.63) is 29.8 Å². The van der Waals surface area contributed by atoms with E-state index in [0.29, 0.717) is 4.90 Å². The Kier molecular flexibility index (Phi) is 5.75. The number of sulfone groups is 1. The molecule has 120 valence electrons. The number of nitrogens with zero attached hydrogens (tertiary/aromatic N) is 1. The van der Waals surface area contributed by atoms with Crippen molar-refractivity contribution in [2.75, 3.05) is 20.6 Å². The standard InChI is InChI=1S/C15H25NO3S2/c1-12-7-9-13(10-8-12)20(17)14(11-16(5)6)21(18,19)15(2,3)4/h7-10,14H,11H2,1-6H3/t14?,20-/m0/s1. The Morgan fingerprint density at radius 3 is 2.00 bits per heavy atom. The molecule has 0 fully saturated rings. The molecule has 1 aromatic rings. The highest BCUT2D eigenvalue weighted by Crippen LogP contribution is 2.26. The second-order valence-corrected chi connectivity index (χ2v) is 11.3. The van der Waals surface area contributed by atoms with Crippen molar-refractivity contribution in [2.24, 2.45) is 0 Å². The molecule has 0 saturated carbocycles. The quantitative estimate of drug-likeness (QED) is 0.830. The minimum atomic E-state index is -3.53. The first kappa shape index (κ1) is 18.3. The van der Waals surface area contributed by atoms with E-state index in [1.807, 2.05) is 19.1 Å². The molecule has 0 aromatic heterocycles. The molecule has 0 saturated heterocycles. The highest BCUT2D eigenvalue weighted by Gasteiger charge is 2.41. The topological polar surface area (TPSA) is 54.5 Å². The summed E-state index contributed by atoms with van der Waals surface area (Å²) in [5, 5.41) is 0. The minimum Gasteiger partial charge on any atom is -0.307 e. The Hall–Kier alpha value is -0.720. The van der Waals surface area contributed by atoms with Crippen molar-refractivity contribution in [3.8, 4) is 0 Å². The Morgan fingerprint density at radius 1 is 1.14 bits per heavy atom. The van der Waals surface area contributed by atoms with Gasteiger partial charge in [0.1, 0.15) is 0 Å². The molecule has 21 heavy (non-hydrogen) atoms. The second kappa shape index (κ2) is 6.58. The molecular formula is C15H25NO3S2. The van der Waals surface area contributed by atoms with E-state index in [2.05, 4.69) is 0 Å². The summed E-state index contributed by atoms with van der Waals surface area (Å²) in [5.41, 5.74) is 1.05. The van der Waals surface area contributed by atoms with Crippen molar-refractivity contribution >= 4 is 20.6 Å². The fourth-order valence-corrected chi connectivity index (χ4v) is 6.34. The van der Waals surface area contributed by atoms with Gasteiger partial charge in [-0.3, -0.25) is 4.21 Å². The molecule has 1 rings (SSSR count). The predicted molar refractivity (Wildman–Crippen MR) is 88.6 cm³/mol. The van der Waals surface area contributed by atoms with E-state index in [1.165, 1.54) is 0 Å². The molecule has 0 N–H and O–H groups in total. The first-order valence-electron chi connectivity index (χ1n) is 6.82.